The van der Waals surface area contributed by atoms with Gasteiger partial charge in [0.2, 0.25) is 0 Å². The van der Waals surface area contributed by atoms with Crippen LogP contribution >= 0.6 is 11.6 Å². The summed E-state index contributed by atoms with van der Waals surface area (Å²) in [7, 11) is 0. The second-order valence-electron chi connectivity index (χ2n) is 3.51. The number of fused-ring (bicyclic) bond motifs is 1. The predicted molar refractivity (Wildman–Crippen MR) is 65.5 cm³/mol. The van der Waals surface area contributed by atoms with Crippen LogP contribution in [0.25, 0.3) is 10.9 Å². The van der Waals surface area contributed by atoms with Gasteiger partial charge in [-0.3, -0.25) is 4.98 Å². The van der Waals surface area contributed by atoms with E-state index in [0.29, 0.717) is 18.1 Å². The van der Waals surface area contributed by atoms with Crippen LogP contribution in [0.3, 0.4) is 0 Å². The summed E-state index contributed by atoms with van der Waals surface area (Å²) in [4.78, 5) is 4.33. The van der Waals surface area contributed by atoms with E-state index in [4.69, 9.17) is 16.7 Å². The first-order valence-corrected chi connectivity index (χ1v) is 5.54. The molecule has 0 bridgehead atoms. The van der Waals surface area contributed by atoms with Crippen molar-refractivity contribution in [2.24, 2.45) is 0 Å². The van der Waals surface area contributed by atoms with Gasteiger partial charge in [0.1, 0.15) is 0 Å². The average Bonchev–Trinajstić information content (AvgIpc) is 2.33. The Kier molecular flexibility index (Phi) is 3.72. The molecule has 3 nitrogen and oxygen atoms in total. The van der Waals surface area contributed by atoms with Crippen LogP contribution in [0.2, 0.25) is 5.02 Å². The first-order chi connectivity index (χ1) is 7.83. The summed E-state index contributed by atoms with van der Waals surface area (Å²) in [5.41, 5.74) is 2.01. The van der Waals surface area contributed by atoms with Crippen LogP contribution in [0.4, 0.5) is 0 Å². The van der Waals surface area contributed by atoms with Gasteiger partial charge in [-0.2, -0.15) is 0 Å². The minimum atomic E-state index is 0.138. The highest BCUT2D eigenvalue weighted by molar-refractivity contribution is 6.35. The first kappa shape index (κ1) is 11.3. The molecule has 0 radical (unpaired) electrons. The van der Waals surface area contributed by atoms with Crippen LogP contribution in [0, 0.1) is 0 Å². The zero-order chi connectivity index (χ0) is 11.4. The minimum absolute atomic E-state index is 0.138. The molecule has 0 spiro atoms. The van der Waals surface area contributed by atoms with Gasteiger partial charge in [0.15, 0.2) is 0 Å². The lowest BCUT2D eigenvalue weighted by molar-refractivity contribution is 0.292. The Morgan fingerprint density at radius 2 is 2.19 bits per heavy atom. The summed E-state index contributed by atoms with van der Waals surface area (Å²) in [6, 6.07) is 7.67. The smallest absolute Gasteiger partial charge is 0.0761 e. The monoisotopic (exact) mass is 236 g/mol. The van der Waals surface area contributed by atoms with Crippen molar-refractivity contribution in [3.05, 3.63) is 41.0 Å². The van der Waals surface area contributed by atoms with Gasteiger partial charge < -0.3 is 10.4 Å². The van der Waals surface area contributed by atoms with Crippen molar-refractivity contribution in [1.29, 1.82) is 0 Å². The quantitative estimate of drug-likeness (QED) is 0.798. The van der Waals surface area contributed by atoms with E-state index in [9.17, 15) is 0 Å². The van der Waals surface area contributed by atoms with Gasteiger partial charge in [-0.25, -0.2) is 0 Å². The fraction of sp³-hybridized carbons (Fsp3) is 0.250. The Bertz CT molecular complexity index is 487. The maximum absolute atomic E-state index is 8.70. The Morgan fingerprint density at radius 3 is 3.00 bits per heavy atom. The van der Waals surface area contributed by atoms with Crippen molar-refractivity contribution in [1.82, 2.24) is 10.3 Å². The highest BCUT2D eigenvalue weighted by Gasteiger charge is 2.04. The molecular weight excluding hydrogens is 224 g/mol. The third-order valence-electron chi connectivity index (χ3n) is 2.40. The molecule has 4 heteroatoms. The van der Waals surface area contributed by atoms with Crippen LogP contribution in [0.5, 0.6) is 0 Å². The number of benzene rings is 1. The maximum atomic E-state index is 8.70. The number of aromatic nitrogens is 1. The van der Waals surface area contributed by atoms with E-state index in [-0.39, 0.29) is 6.61 Å². The van der Waals surface area contributed by atoms with Crippen LogP contribution in [-0.4, -0.2) is 23.2 Å². The number of nitrogens with zero attached hydrogens (tertiary/aromatic N) is 1. The van der Waals surface area contributed by atoms with Crippen molar-refractivity contribution < 1.29 is 5.11 Å². The zero-order valence-corrected chi connectivity index (χ0v) is 9.54. The number of rotatable bonds is 4. The van der Waals surface area contributed by atoms with E-state index in [1.165, 1.54) is 0 Å². The van der Waals surface area contributed by atoms with Gasteiger partial charge in [0.25, 0.3) is 0 Å². The molecular formula is C12H13ClN2O. The van der Waals surface area contributed by atoms with E-state index < -0.39 is 0 Å². The molecule has 1 heterocycles. The standard InChI is InChI=1S/C12H13ClN2O/c13-11-4-3-9(8-14-6-7-16)12-10(11)2-1-5-15-12/h1-5,14,16H,6-8H2. The van der Waals surface area contributed by atoms with E-state index in [1.807, 2.05) is 24.3 Å². The summed E-state index contributed by atoms with van der Waals surface area (Å²) in [6.07, 6.45) is 1.76. The van der Waals surface area contributed by atoms with Crippen LogP contribution in [-0.2, 0) is 6.54 Å². The Balaban J connectivity index is 2.35. The Morgan fingerprint density at radius 1 is 1.31 bits per heavy atom. The Labute approximate surface area is 99.1 Å². The summed E-state index contributed by atoms with van der Waals surface area (Å²) in [5, 5.41) is 13.5. The molecule has 2 N–H and O–H groups in total. The summed E-state index contributed by atoms with van der Waals surface area (Å²) in [5.74, 6) is 0. The first-order valence-electron chi connectivity index (χ1n) is 5.16. The van der Waals surface area contributed by atoms with Crippen molar-refractivity contribution in [3.63, 3.8) is 0 Å². The molecule has 0 amide bonds. The van der Waals surface area contributed by atoms with E-state index in [2.05, 4.69) is 10.3 Å². The predicted octanol–water partition coefficient (Wildman–Crippen LogP) is 1.97. The minimum Gasteiger partial charge on any atom is -0.395 e. The molecule has 0 aliphatic carbocycles. The van der Waals surface area contributed by atoms with Crippen LogP contribution in [0.15, 0.2) is 30.5 Å². The average molecular weight is 237 g/mol. The number of hydrogen-bond donors (Lipinski definition) is 2. The molecule has 0 aliphatic rings. The van der Waals surface area contributed by atoms with Gasteiger partial charge >= 0.3 is 0 Å². The molecule has 0 atom stereocenters. The molecule has 1 aromatic heterocycles. The number of nitrogens with one attached hydrogen (secondary N) is 1. The number of halogens is 1. The van der Waals surface area contributed by atoms with Crippen LogP contribution < -0.4 is 5.32 Å². The molecule has 2 rings (SSSR count). The van der Waals surface area contributed by atoms with E-state index >= 15 is 0 Å². The zero-order valence-electron chi connectivity index (χ0n) is 8.78. The summed E-state index contributed by atoms with van der Waals surface area (Å²) < 4.78 is 0. The van der Waals surface area contributed by atoms with Gasteiger partial charge in [-0.05, 0) is 23.8 Å². The SMILES string of the molecule is OCCNCc1ccc(Cl)c2cccnc12. The van der Waals surface area contributed by atoms with Crippen LogP contribution in [0.1, 0.15) is 5.56 Å². The van der Waals surface area contributed by atoms with E-state index in [0.717, 1.165) is 16.5 Å². The fourth-order valence-corrected chi connectivity index (χ4v) is 1.86. The molecule has 1 aromatic carbocycles. The highest BCUT2D eigenvalue weighted by atomic mass is 35.5. The normalized spacial score (nSPS) is 10.9. The molecule has 0 unspecified atom stereocenters. The second kappa shape index (κ2) is 5.25. The Hall–Kier alpha value is -1.16. The second-order valence-corrected chi connectivity index (χ2v) is 3.91. The maximum Gasteiger partial charge on any atom is 0.0761 e. The molecule has 0 saturated carbocycles. The van der Waals surface area contributed by atoms with Gasteiger partial charge in [-0.1, -0.05) is 17.7 Å². The largest absolute Gasteiger partial charge is 0.395 e. The molecule has 84 valence electrons. The van der Waals surface area contributed by atoms with E-state index in [1.54, 1.807) is 6.20 Å². The molecule has 0 saturated heterocycles. The van der Waals surface area contributed by atoms with Crippen molar-refractivity contribution >= 4 is 22.5 Å². The van der Waals surface area contributed by atoms with Crippen molar-refractivity contribution in [3.8, 4) is 0 Å². The fourth-order valence-electron chi connectivity index (χ4n) is 1.64. The summed E-state index contributed by atoms with van der Waals surface area (Å²) >= 11 is 6.09. The molecule has 0 aliphatic heterocycles. The van der Waals surface area contributed by atoms with Crippen molar-refractivity contribution in [2.75, 3.05) is 13.2 Å². The third kappa shape index (κ3) is 2.32. The van der Waals surface area contributed by atoms with Gasteiger partial charge in [0, 0.05) is 29.7 Å². The lowest BCUT2D eigenvalue weighted by atomic mass is 10.1. The highest BCUT2D eigenvalue weighted by Crippen LogP contribution is 2.24. The number of aliphatic hydroxyl groups is 1. The summed E-state index contributed by atoms with van der Waals surface area (Å²) in [6.45, 7) is 1.40. The third-order valence-corrected chi connectivity index (χ3v) is 2.73. The topological polar surface area (TPSA) is 45.1 Å². The van der Waals surface area contributed by atoms with Gasteiger partial charge in [-0.15, -0.1) is 0 Å². The number of pyridine rings is 1. The van der Waals surface area contributed by atoms with Gasteiger partial charge in [0.05, 0.1) is 12.1 Å². The number of aliphatic hydroxyl groups excluding tert-OH is 1. The molecule has 2 aromatic rings. The number of hydrogen-bond acceptors (Lipinski definition) is 3. The molecule has 16 heavy (non-hydrogen) atoms. The van der Waals surface area contributed by atoms with Crippen molar-refractivity contribution in [2.45, 2.75) is 6.54 Å². The lowest BCUT2D eigenvalue weighted by Gasteiger charge is -2.07. The lowest BCUT2D eigenvalue weighted by Crippen LogP contribution is -2.17. The molecule has 0 fully saturated rings.